The second-order valence-electron chi connectivity index (χ2n) is 6.51. The van der Waals surface area contributed by atoms with Gasteiger partial charge in [0.2, 0.25) is 5.88 Å². The fourth-order valence-corrected chi connectivity index (χ4v) is 2.87. The number of hydrogen-bond acceptors (Lipinski definition) is 3. The van der Waals surface area contributed by atoms with Gasteiger partial charge in [-0.05, 0) is 41.8 Å². The average molecular weight is 551 g/mol. The molecule has 3 N–H and O–H groups in total. The van der Waals surface area contributed by atoms with Crippen molar-refractivity contribution in [2.24, 2.45) is 4.99 Å². The van der Waals surface area contributed by atoms with Gasteiger partial charge in [0, 0.05) is 49.5 Å². The highest BCUT2D eigenvalue weighted by Crippen LogP contribution is 2.20. The van der Waals surface area contributed by atoms with Crippen molar-refractivity contribution in [3.63, 3.8) is 0 Å². The Kier molecular flexibility index (Phi) is 8.89. The molecule has 0 saturated carbocycles. The predicted octanol–water partition coefficient (Wildman–Crippen LogP) is 4.17. The third-order valence-corrected chi connectivity index (χ3v) is 4.28. The van der Waals surface area contributed by atoms with Crippen LogP contribution in [-0.2, 0) is 13.0 Å². The molecule has 11 heteroatoms. The van der Waals surface area contributed by atoms with Crippen LogP contribution in [0.5, 0.6) is 5.88 Å². The van der Waals surface area contributed by atoms with Gasteiger partial charge in [0.1, 0.15) is 5.82 Å². The van der Waals surface area contributed by atoms with E-state index in [0.717, 1.165) is 16.5 Å². The van der Waals surface area contributed by atoms with Crippen LogP contribution in [-0.4, -0.2) is 42.3 Å². The number of rotatable bonds is 7. The highest BCUT2D eigenvalue weighted by Gasteiger charge is 2.28. The maximum Gasteiger partial charge on any atom is 0.422 e. The van der Waals surface area contributed by atoms with Crippen LogP contribution in [0.4, 0.5) is 17.6 Å². The van der Waals surface area contributed by atoms with Gasteiger partial charge >= 0.3 is 6.18 Å². The topological polar surface area (TPSA) is 74.3 Å². The van der Waals surface area contributed by atoms with Crippen molar-refractivity contribution in [2.45, 2.75) is 19.1 Å². The summed E-state index contributed by atoms with van der Waals surface area (Å²) in [6, 6.07) is 7.71. The molecule has 1 aromatic carbocycles. The third-order valence-electron chi connectivity index (χ3n) is 4.28. The first-order valence-electron chi connectivity index (χ1n) is 9.18. The number of pyridine rings is 1. The molecule has 168 valence electrons. The van der Waals surface area contributed by atoms with Crippen molar-refractivity contribution >= 4 is 40.8 Å². The molecule has 6 nitrogen and oxygen atoms in total. The molecule has 2 heterocycles. The van der Waals surface area contributed by atoms with Crippen molar-refractivity contribution in [3.05, 3.63) is 59.7 Å². The second kappa shape index (κ2) is 11.2. The van der Waals surface area contributed by atoms with Crippen LogP contribution >= 0.6 is 24.0 Å². The standard InChI is InChI=1S/C20H21F4N5O.HI/c1-25-19(27-7-5-14-11-28-17-3-2-15(21)9-16(14)17)29-10-13-4-6-26-18(8-13)30-12-20(22,23)24;/h2-4,6,8-9,11,28H,5,7,10,12H2,1H3,(H2,25,27,29);1H. The van der Waals surface area contributed by atoms with Crippen molar-refractivity contribution in [1.82, 2.24) is 20.6 Å². The number of benzene rings is 1. The largest absolute Gasteiger partial charge is 0.468 e. The Morgan fingerprint density at radius 1 is 1.19 bits per heavy atom. The summed E-state index contributed by atoms with van der Waals surface area (Å²) in [7, 11) is 1.61. The molecule has 31 heavy (non-hydrogen) atoms. The zero-order chi connectivity index (χ0) is 21.6. The van der Waals surface area contributed by atoms with E-state index in [1.807, 2.05) is 6.20 Å². The number of aromatic nitrogens is 2. The van der Waals surface area contributed by atoms with E-state index >= 15 is 0 Å². The van der Waals surface area contributed by atoms with E-state index in [2.05, 4.69) is 30.3 Å². The molecule has 0 aliphatic carbocycles. The maximum absolute atomic E-state index is 13.5. The van der Waals surface area contributed by atoms with E-state index in [-0.39, 0.29) is 35.7 Å². The van der Waals surface area contributed by atoms with Crippen LogP contribution in [0.1, 0.15) is 11.1 Å². The first kappa shape index (κ1) is 24.7. The lowest BCUT2D eigenvalue weighted by Crippen LogP contribution is -2.37. The number of halogens is 5. The molecule has 2 aromatic heterocycles. The Bertz CT molecular complexity index is 1020. The molecule has 0 fully saturated rings. The van der Waals surface area contributed by atoms with Crippen LogP contribution in [0.15, 0.2) is 47.7 Å². The van der Waals surface area contributed by atoms with E-state index in [0.29, 0.717) is 31.0 Å². The number of nitrogens with zero attached hydrogens (tertiary/aromatic N) is 2. The molecule has 0 aliphatic rings. The van der Waals surface area contributed by atoms with Crippen molar-refractivity contribution in [2.75, 3.05) is 20.2 Å². The molecule has 0 radical (unpaired) electrons. The van der Waals surface area contributed by atoms with E-state index in [1.165, 1.54) is 24.4 Å². The minimum absolute atomic E-state index is 0. The van der Waals surface area contributed by atoms with Crippen molar-refractivity contribution in [1.29, 1.82) is 0 Å². The van der Waals surface area contributed by atoms with Crippen LogP contribution in [0, 0.1) is 5.82 Å². The Hall–Kier alpha value is -2.57. The monoisotopic (exact) mass is 551 g/mol. The molecule has 0 spiro atoms. The molecule has 3 aromatic rings. The minimum atomic E-state index is -4.42. The quantitative estimate of drug-likeness (QED) is 0.179. The number of ether oxygens (including phenoxy) is 1. The highest BCUT2D eigenvalue weighted by atomic mass is 127. The van der Waals surface area contributed by atoms with Gasteiger partial charge in [0.15, 0.2) is 12.6 Å². The van der Waals surface area contributed by atoms with Crippen LogP contribution < -0.4 is 15.4 Å². The van der Waals surface area contributed by atoms with Gasteiger partial charge in [-0.15, -0.1) is 24.0 Å². The predicted molar refractivity (Wildman–Crippen MR) is 121 cm³/mol. The molecular weight excluding hydrogens is 529 g/mol. The number of alkyl halides is 3. The van der Waals surface area contributed by atoms with Gasteiger partial charge in [-0.25, -0.2) is 9.37 Å². The zero-order valence-corrected chi connectivity index (χ0v) is 18.9. The maximum atomic E-state index is 13.5. The summed E-state index contributed by atoms with van der Waals surface area (Å²) in [5.74, 6) is 0.140. The molecule has 0 saturated heterocycles. The third kappa shape index (κ3) is 7.56. The Balaban J connectivity index is 0.00000341. The summed E-state index contributed by atoms with van der Waals surface area (Å²) in [4.78, 5) is 11.0. The smallest absolute Gasteiger partial charge is 0.422 e. The number of nitrogens with one attached hydrogen (secondary N) is 3. The van der Waals surface area contributed by atoms with Gasteiger partial charge in [-0.1, -0.05) is 0 Å². The summed E-state index contributed by atoms with van der Waals surface area (Å²) >= 11 is 0. The summed E-state index contributed by atoms with van der Waals surface area (Å²) in [5.41, 5.74) is 2.54. The van der Waals surface area contributed by atoms with Gasteiger partial charge in [0.25, 0.3) is 0 Å². The van der Waals surface area contributed by atoms with Gasteiger partial charge < -0.3 is 20.4 Å². The molecule has 0 unspecified atom stereocenters. The number of aliphatic imine (C=N–C) groups is 1. The summed E-state index contributed by atoms with van der Waals surface area (Å²) in [6.07, 6.45) is -0.538. The van der Waals surface area contributed by atoms with Gasteiger partial charge in [-0.3, -0.25) is 4.99 Å². The van der Waals surface area contributed by atoms with Gasteiger partial charge in [0.05, 0.1) is 0 Å². The molecule has 0 aliphatic heterocycles. The Labute approximate surface area is 193 Å². The molecule has 3 rings (SSSR count). The summed E-state index contributed by atoms with van der Waals surface area (Å²) in [5, 5.41) is 7.07. The number of aromatic amines is 1. The highest BCUT2D eigenvalue weighted by molar-refractivity contribution is 14.0. The number of fused-ring (bicyclic) bond motifs is 1. The van der Waals surface area contributed by atoms with E-state index in [4.69, 9.17) is 0 Å². The van der Waals surface area contributed by atoms with Crippen LogP contribution in [0.25, 0.3) is 10.9 Å². The molecule has 0 amide bonds. The first-order chi connectivity index (χ1) is 14.3. The van der Waals surface area contributed by atoms with E-state index in [9.17, 15) is 17.6 Å². The fraction of sp³-hybridized carbons (Fsp3) is 0.300. The van der Waals surface area contributed by atoms with E-state index < -0.39 is 12.8 Å². The first-order valence-corrected chi connectivity index (χ1v) is 9.18. The second-order valence-corrected chi connectivity index (χ2v) is 6.51. The lowest BCUT2D eigenvalue weighted by molar-refractivity contribution is -0.154. The average Bonchev–Trinajstić information content (AvgIpc) is 3.11. The Morgan fingerprint density at radius 2 is 2.00 bits per heavy atom. The molecule has 0 bridgehead atoms. The van der Waals surface area contributed by atoms with Crippen molar-refractivity contribution < 1.29 is 22.3 Å². The molecule has 0 atom stereocenters. The Morgan fingerprint density at radius 3 is 2.74 bits per heavy atom. The van der Waals surface area contributed by atoms with Crippen LogP contribution in [0.3, 0.4) is 0 Å². The minimum Gasteiger partial charge on any atom is -0.468 e. The lowest BCUT2D eigenvalue weighted by atomic mass is 10.1. The summed E-state index contributed by atoms with van der Waals surface area (Å²) in [6.45, 7) is -0.514. The number of H-pyrrole nitrogens is 1. The molecular formula is C20H22F4IN5O. The summed E-state index contributed by atoms with van der Waals surface area (Å²) < 4.78 is 54.9. The van der Waals surface area contributed by atoms with Crippen molar-refractivity contribution in [3.8, 4) is 5.88 Å². The van der Waals surface area contributed by atoms with E-state index in [1.54, 1.807) is 19.2 Å². The SMILES string of the molecule is CN=C(NCCc1c[nH]c2ccc(F)cc12)NCc1ccnc(OCC(F)(F)F)c1.I. The number of hydrogen-bond donors (Lipinski definition) is 3. The van der Waals surface area contributed by atoms with Gasteiger partial charge in [-0.2, -0.15) is 13.2 Å². The zero-order valence-electron chi connectivity index (χ0n) is 16.6. The van der Waals surface area contributed by atoms with Crippen LogP contribution in [0.2, 0.25) is 0 Å². The lowest BCUT2D eigenvalue weighted by Gasteiger charge is -2.13. The normalized spacial score (nSPS) is 11.8. The number of guanidine groups is 1. The fourth-order valence-electron chi connectivity index (χ4n) is 2.87.